The van der Waals surface area contributed by atoms with Crippen molar-refractivity contribution < 1.29 is 4.79 Å². The molecule has 0 radical (unpaired) electrons. The second-order valence-electron chi connectivity index (χ2n) is 7.48. The number of benzene rings is 1. The van der Waals surface area contributed by atoms with Crippen LogP contribution in [0, 0.1) is 12.8 Å². The van der Waals surface area contributed by atoms with Gasteiger partial charge in [0.2, 0.25) is 0 Å². The zero-order chi connectivity index (χ0) is 19.7. The van der Waals surface area contributed by atoms with Crippen molar-refractivity contribution in [2.45, 2.75) is 26.7 Å². The minimum atomic E-state index is 0.0272. The van der Waals surface area contributed by atoms with Gasteiger partial charge in [-0.05, 0) is 56.0 Å². The minimum Gasteiger partial charge on any atom is -0.354 e. The first-order valence-corrected chi connectivity index (χ1v) is 10.4. The second kappa shape index (κ2) is 7.87. The van der Waals surface area contributed by atoms with Gasteiger partial charge < -0.3 is 10.2 Å². The summed E-state index contributed by atoms with van der Waals surface area (Å²) in [5, 5.41) is 4.30. The van der Waals surface area contributed by atoms with Gasteiger partial charge in [0, 0.05) is 40.5 Å². The summed E-state index contributed by atoms with van der Waals surface area (Å²) in [5.41, 5.74) is 3.80. The van der Waals surface area contributed by atoms with Crippen LogP contribution in [0.4, 0.5) is 11.4 Å². The Morgan fingerprint density at radius 1 is 1.21 bits per heavy atom. The molecule has 0 unspecified atom stereocenters. The molecule has 6 heteroatoms. The Morgan fingerprint density at radius 2 is 2.00 bits per heavy atom. The van der Waals surface area contributed by atoms with E-state index in [9.17, 15) is 4.79 Å². The zero-order valence-corrected chi connectivity index (χ0v) is 17.7. The van der Waals surface area contributed by atoms with Crippen molar-refractivity contribution in [2.75, 3.05) is 18.4 Å². The van der Waals surface area contributed by atoms with Crippen molar-refractivity contribution in [1.29, 1.82) is 0 Å². The van der Waals surface area contributed by atoms with Crippen LogP contribution in [-0.4, -0.2) is 33.9 Å². The highest BCUT2D eigenvalue weighted by Gasteiger charge is 2.25. The molecule has 1 amide bonds. The van der Waals surface area contributed by atoms with E-state index in [4.69, 9.17) is 0 Å². The zero-order valence-electron chi connectivity index (χ0n) is 16.1. The van der Waals surface area contributed by atoms with E-state index in [1.165, 1.54) is 0 Å². The molecule has 1 N–H and O–H groups in total. The maximum absolute atomic E-state index is 13.3. The normalized spacial score (nSPS) is 15.0. The molecule has 5 nitrogen and oxygen atoms in total. The molecule has 2 aromatic heterocycles. The molecule has 0 aliphatic carbocycles. The van der Waals surface area contributed by atoms with Crippen LogP contribution in [0.2, 0.25) is 0 Å². The minimum absolute atomic E-state index is 0.0272. The number of nitrogens with one attached hydrogen (secondary N) is 1. The number of nitrogens with zero attached hydrogens (tertiary/aromatic N) is 3. The van der Waals surface area contributed by atoms with Crippen molar-refractivity contribution in [2.24, 2.45) is 5.92 Å². The number of pyridine rings is 2. The Hall–Kier alpha value is -2.47. The smallest absolute Gasteiger partial charge is 0.257 e. The van der Waals surface area contributed by atoms with Gasteiger partial charge in [0.15, 0.2) is 5.65 Å². The van der Waals surface area contributed by atoms with E-state index in [1.54, 1.807) is 6.20 Å². The summed E-state index contributed by atoms with van der Waals surface area (Å²) in [7, 11) is 0. The van der Waals surface area contributed by atoms with Gasteiger partial charge in [-0.25, -0.2) is 9.97 Å². The van der Waals surface area contributed by atoms with Crippen molar-refractivity contribution in [3.05, 3.63) is 58.3 Å². The van der Waals surface area contributed by atoms with Gasteiger partial charge >= 0.3 is 0 Å². The molecular formula is C22H23BrN4O. The van der Waals surface area contributed by atoms with Gasteiger partial charge in [0.25, 0.3) is 5.91 Å². The lowest BCUT2D eigenvalue weighted by Crippen LogP contribution is -2.38. The van der Waals surface area contributed by atoms with Crippen LogP contribution in [-0.2, 0) is 0 Å². The molecule has 0 bridgehead atoms. The van der Waals surface area contributed by atoms with E-state index in [-0.39, 0.29) is 5.91 Å². The summed E-state index contributed by atoms with van der Waals surface area (Å²) < 4.78 is 0.975. The molecule has 3 heterocycles. The van der Waals surface area contributed by atoms with E-state index in [2.05, 4.69) is 38.1 Å². The number of aromatic nitrogens is 2. The number of piperidine rings is 1. The lowest BCUT2D eigenvalue weighted by molar-refractivity contribution is 0.0698. The molecule has 28 heavy (non-hydrogen) atoms. The van der Waals surface area contributed by atoms with Crippen LogP contribution >= 0.6 is 15.9 Å². The maximum atomic E-state index is 13.3. The fraction of sp³-hybridized carbons (Fsp3) is 0.318. The van der Waals surface area contributed by atoms with Crippen LogP contribution in [0.3, 0.4) is 0 Å². The number of carbonyl (C=O) groups excluding carboxylic acids is 1. The average Bonchev–Trinajstić information content (AvgIpc) is 2.68. The molecule has 1 fully saturated rings. The molecular weight excluding hydrogens is 416 g/mol. The predicted molar refractivity (Wildman–Crippen MR) is 116 cm³/mol. The number of halogens is 1. The third-order valence-electron chi connectivity index (χ3n) is 5.26. The number of fused-ring (bicyclic) bond motifs is 1. The lowest BCUT2D eigenvalue weighted by atomic mass is 9.98. The number of anilines is 2. The Morgan fingerprint density at radius 3 is 2.75 bits per heavy atom. The first kappa shape index (κ1) is 18.9. The van der Waals surface area contributed by atoms with Crippen LogP contribution in [0.5, 0.6) is 0 Å². The molecule has 1 aliphatic rings. The Labute approximate surface area is 173 Å². The van der Waals surface area contributed by atoms with E-state index < -0.39 is 0 Å². The lowest BCUT2D eigenvalue weighted by Gasteiger charge is -2.31. The van der Waals surface area contributed by atoms with Crippen molar-refractivity contribution in [3.8, 4) is 0 Å². The molecule has 144 valence electrons. The fourth-order valence-corrected chi connectivity index (χ4v) is 3.96. The summed E-state index contributed by atoms with van der Waals surface area (Å²) in [6, 6.07) is 11.8. The highest BCUT2D eigenvalue weighted by Crippen LogP contribution is 2.31. The van der Waals surface area contributed by atoms with Crippen LogP contribution < -0.4 is 5.32 Å². The van der Waals surface area contributed by atoms with E-state index >= 15 is 0 Å². The number of hydrogen-bond acceptors (Lipinski definition) is 4. The third kappa shape index (κ3) is 3.87. The standard InChI is InChI=1S/C22H23BrN4O/c1-14-8-10-27(11-9-14)22(28)19-13-24-21-18(7-6-15(2)25-21)20(19)26-17-5-3-4-16(23)12-17/h3-7,12-14H,8-11H2,1-2H3,(H,24,25,26). The van der Waals surface area contributed by atoms with Crippen molar-refractivity contribution >= 4 is 44.2 Å². The summed E-state index contributed by atoms with van der Waals surface area (Å²) in [4.78, 5) is 24.3. The maximum Gasteiger partial charge on any atom is 0.257 e. The molecule has 0 atom stereocenters. The molecule has 0 saturated carbocycles. The summed E-state index contributed by atoms with van der Waals surface area (Å²) in [6.45, 7) is 5.77. The molecule has 4 rings (SSSR count). The number of hydrogen-bond donors (Lipinski definition) is 1. The van der Waals surface area contributed by atoms with Crippen molar-refractivity contribution in [1.82, 2.24) is 14.9 Å². The average molecular weight is 439 g/mol. The van der Waals surface area contributed by atoms with Gasteiger partial charge in [-0.1, -0.05) is 28.9 Å². The van der Waals surface area contributed by atoms with Gasteiger partial charge in [-0.15, -0.1) is 0 Å². The van der Waals surface area contributed by atoms with Crippen LogP contribution in [0.25, 0.3) is 11.0 Å². The summed E-state index contributed by atoms with van der Waals surface area (Å²) >= 11 is 3.51. The molecule has 1 saturated heterocycles. The summed E-state index contributed by atoms with van der Waals surface area (Å²) in [6.07, 6.45) is 3.75. The largest absolute Gasteiger partial charge is 0.354 e. The van der Waals surface area contributed by atoms with E-state index in [1.807, 2.05) is 48.2 Å². The van der Waals surface area contributed by atoms with Crippen LogP contribution in [0.15, 0.2) is 47.1 Å². The van der Waals surface area contributed by atoms with Crippen molar-refractivity contribution in [3.63, 3.8) is 0 Å². The van der Waals surface area contributed by atoms with Gasteiger partial charge in [-0.3, -0.25) is 4.79 Å². The molecule has 3 aromatic rings. The Kier molecular flexibility index (Phi) is 5.31. The number of likely N-dealkylation sites (tertiary alicyclic amines) is 1. The number of amides is 1. The predicted octanol–water partition coefficient (Wildman–Crippen LogP) is 5.32. The van der Waals surface area contributed by atoms with E-state index in [0.717, 1.165) is 52.9 Å². The van der Waals surface area contributed by atoms with Crippen LogP contribution in [0.1, 0.15) is 35.8 Å². The molecule has 1 aromatic carbocycles. The molecule has 1 aliphatic heterocycles. The second-order valence-corrected chi connectivity index (χ2v) is 8.40. The first-order valence-electron chi connectivity index (χ1n) is 9.59. The molecule has 0 spiro atoms. The third-order valence-corrected chi connectivity index (χ3v) is 5.76. The number of aryl methyl sites for hydroxylation is 1. The van der Waals surface area contributed by atoms with Gasteiger partial charge in [-0.2, -0.15) is 0 Å². The fourth-order valence-electron chi connectivity index (χ4n) is 3.56. The first-order chi connectivity index (χ1) is 13.5. The SMILES string of the molecule is Cc1ccc2c(Nc3cccc(Br)c3)c(C(=O)N3CCC(C)CC3)cnc2n1. The topological polar surface area (TPSA) is 58.1 Å². The van der Waals surface area contributed by atoms with Gasteiger partial charge in [0.1, 0.15) is 0 Å². The summed E-state index contributed by atoms with van der Waals surface area (Å²) in [5.74, 6) is 0.699. The number of rotatable bonds is 3. The van der Waals surface area contributed by atoms with E-state index in [0.29, 0.717) is 17.1 Å². The quantitative estimate of drug-likeness (QED) is 0.601. The Bertz CT molecular complexity index is 1030. The highest BCUT2D eigenvalue weighted by atomic mass is 79.9. The van der Waals surface area contributed by atoms with Gasteiger partial charge in [0.05, 0.1) is 11.3 Å². The Balaban J connectivity index is 1.78. The number of carbonyl (C=O) groups is 1. The highest BCUT2D eigenvalue weighted by molar-refractivity contribution is 9.10. The monoisotopic (exact) mass is 438 g/mol.